The highest BCUT2D eigenvalue weighted by Gasteiger charge is 2.16. The predicted octanol–water partition coefficient (Wildman–Crippen LogP) is 3.48. The quantitative estimate of drug-likeness (QED) is 0.0619. The first-order chi connectivity index (χ1) is 28.4. The molecule has 16 heteroatoms. The van der Waals surface area contributed by atoms with Gasteiger partial charge in [0, 0.05) is 62.5 Å². The summed E-state index contributed by atoms with van der Waals surface area (Å²) in [5.41, 5.74) is 2.64. The SMILES string of the molecule is O=C(NCCCN1CCCN(CCCNC(=O)c2ccc(O)c(O)c2)Cc2cccc(n2)CN(CCCNC(=O)c2ccc(O)c(O)c2)CCC1)c1ccc(O)c(O)c1. The van der Waals surface area contributed by atoms with Gasteiger partial charge in [-0.25, -0.2) is 0 Å². The lowest BCUT2D eigenvalue weighted by Crippen LogP contribution is -2.36. The lowest BCUT2D eigenvalue weighted by molar-refractivity contribution is 0.0943. The van der Waals surface area contributed by atoms with E-state index in [1.54, 1.807) is 0 Å². The molecule has 1 aromatic heterocycles. The zero-order chi connectivity index (χ0) is 42.1. The number of hydrogen-bond donors (Lipinski definition) is 9. The molecule has 0 aliphatic carbocycles. The van der Waals surface area contributed by atoms with E-state index in [4.69, 9.17) is 4.98 Å². The summed E-state index contributed by atoms with van der Waals surface area (Å²) in [4.78, 5) is 50.1. The fourth-order valence-corrected chi connectivity index (χ4v) is 6.89. The molecule has 4 aromatic rings. The molecule has 59 heavy (non-hydrogen) atoms. The number of fused-ring (bicyclic) bond motifs is 2. The van der Waals surface area contributed by atoms with Crippen LogP contribution in [0.5, 0.6) is 34.5 Å². The molecule has 1 aliphatic heterocycles. The van der Waals surface area contributed by atoms with E-state index in [9.17, 15) is 45.0 Å². The van der Waals surface area contributed by atoms with Gasteiger partial charge in [-0.3, -0.25) is 29.2 Å². The lowest BCUT2D eigenvalue weighted by atomic mass is 10.2. The number of aromatic hydroxyl groups is 6. The Morgan fingerprint density at radius 3 is 1.17 bits per heavy atom. The van der Waals surface area contributed by atoms with Crippen molar-refractivity contribution in [3.05, 3.63) is 101 Å². The van der Waals surface area contributed by atoms with Crippen LogP contribution in [0.3, 0.4) is 0 Å². The van der Waals surface area contributed by atoms with Crippen LogP contribution in [0, 0.1) is 0 Å². The fourth-order valence-electron chi connectivity index (χ4n) is 6.89. The number of carbonyl (C=O) groups excluding carboxylic acids is 3. The topological polar surface area (TPSA) is 231 Å². The molecule has 0 saturated heterocycles. The molecule has 0 radical (unpaired) electrons. The molecular weight excluding hydrogens is 759 g/mol. The number of benzene rings is 3. The van der Waals surface area contributed by atoms with E-state index < -0.39 is 0 Å². The second-order valence-electron chi connectivity index (χ2n) is 14.7. The van der Waals surface area contributed by atoms with E-state index >= 15 is 0 Å². The van der Waals surface area contributed by atoms with Gasteiger partial charge < -0.3 is 51.5 Å². The molecule has 0 atom stereocenters. The first-order valence-electron chi connectivity index (χ1n) is 20.0. The summed E-state index contributed by atoms with van der Waals surface area (Å²) in [6.45, 7) is 7.89. The third kappa shape index (κ3) is 14.1. The van der Waals surface area contributed by atoms with Crippen molar-refractivity contribution in [3.8, 4) is 34.5 Å². The van der Waals surface area contributed by atoms with Gasteiger partial charge in [0.25, 0.3) is 17.7 Å². The fraction of sp³-hybridized carbons (Fsp3) is 0.395. The number of carbonyl (C=O) groups is 3. The standard InChI is InChI=1S/C43H55N7O9/c51-35-12-9-30(25-38(35)54)41(57)44-15-2-18-48-21-5-23-49(19-3-16-45-42(58)31-10-13-36(52)39(55)26-31)28-33-7-1-8-34(47-33)29-50(24-6-22-48)20-4-17-46-43(59)32-11-14-37(53)40(56)27-32/h1,7-14,25-27,51-56H,2-6,15-24,28-29H2,(H,44,57)(H,45,58)(H,46,59). The second kappa shape index (κ2) is 22.2. The number of nitrogens with one attached hydrogen (secondary N) is 3. The van der Waals surface area contributed by atoms with Crippen LogP contribution in [0.15, 0.2) is 72.8 Å². The van der Waals surface area contributed by atoms with Crippen LogP contribution in [0.1, 0.15) is 74.6 Å². The molecule has 0 unspecified atom stereocenters. The Kier molecular flexibility index (Phi) is 16.5. The maximum atomic E-state index is 12.7. The van der Waals surface area contributed by atoms with Crippen LogP contribution in [-0.2, 0) is 13.1 Å². The maximum Gasteiger partial charge on any atom is 0.251 e. The van der Waals surface area contributed by atoms with Crippen LogP contribution in [0.25, 0.3) is 0 Å². The lowest BCUT2D eigenvalue weighted by Gasteiger charge is -2.28. The molecule has 16 nitrogen and oxygen atoms in total. The second-order valence-corrected chi connectivity index (χ2v) is 14.7. The largest absolute Gasteiger partial charge is 0.504 e. The number of hydrogen-bond acceptors (Lipinski definition) is 13. The summed E-state index contributed by atoms with van der Waals surface area (Å²) in [5.74, 6) is -2.94. The minimum absolute atomic E-state index is 0.257. The van der Waals surface area contributed by atoms with Gasteiger partial charge in [-0.15, -0.1) is 0 Å². The summed E-state index contributed by atoms with van der Waals surface area (Å²) >= 11 is 0. The van der Waals surface area contributed by atoms with Crippen LogP contribution in [0.4, 0.5) is 0 Å². The van der Waals surface area contributed by atoms with Crippen molar-refractivity contribution in [2.24, 2.45) is 0 Å². The molecule has 2 heterocycles. The molecule has 5 rings (SSSR count). The van der Waals surface area contributed by atoms with Gasteiger partial charge >= 0.3 is 0 Å². The van der Waals surface area contributed by atoms with Crippen LogP contribution >= 0.6 is 0 Å². The van der Waals surface area contributed by atoms with E-state index in [1.807, 2.05) is 18.2 Å². The van der Waals surface area contributed by atoms with Crippen molar-refractivity contribution in [1.29, 1.82) is 0 Å². The summed E-state index contributed by atoms with van der Waals surface area (Å²) < 4.78 is 0. The number of pyridine rings is 1. The van der Waals surface area contributed by atoms with Crippen LogP contribution < -0.4 is 16.0 Å². The number of aromatic nitrogens is 1. The van der Waals surface area contributed by atoms with Gasteiger partial charge in [-0.2, -0.15) is 0 Å². The van der Waals surface area contributed by atoms with Crippen LogP contribution in [-0.4, -0.2) is 133 Å². The van der Waals surface area contributed by atoms with Crippen LogP contribution in [0.2, 0.25) is 0 Å². The zero-order valence-corrected chi connectivity index (χ0v) is 33.1. The van der Waals surface area contributed by atoms with Gasteiger partial charge in [0.2, 0.25) is 0 Å². The predicted molar refractivity (Wildman–Crippen MR) is 221 cm³/mol. The van der Waals surface area contributed by atoms with Crippen molar-refractivity contribution in [1.82, 2.24) is 35.6 Å². The van der Waals surface area contributed by atoms with Crippen molar-refractivity contribution in [2.75, 3.05) is 65.4 Å². The Balaban J connectivity index is 1.20. The Labute approximate surface area is 343 Å². The Morgan fingerprint density at radius 2 is 0.814 bits per heavy atom. The minimum Gasteiger partial charge on any atom is -0.504 e. The van der Waals surface area contributed by atoms with Crippen molar-refractivity contribution >= 4 is 17.7 Å². The molecular formula is C43H55N7O9. The monoisotopic (exact) mass is 813 g/mol. The molecule has 0 spiro atoms. The summed E-state index contributed by atoms with van der Waals surface area (Å²) in [7, 11) is 0. The normalized spacial score (nSPS) is 14.6. The van der Waals surface area contributed by atoms with Gasteiger partial charge in [0.15, 0.2) is 34.5 Å². The van der Waals surface area contributed by atoms with Gasteiger partial charge in [-0.1, -0.05) is 6.07 Å². The van der Waals surface area contributed by atoms with E-state index in [0.717, 1.165) is 57.0 Å². The molecule has 9 N–H and O–H groups in total. The highest BCUT2D eigenvalue weighted by Crippen LogP contribution is 2.26. The first kappa shape index (κ1) is 44.0. The van der Waals surface area contributed by atoms with E-state index in [2.05, 4.69) is 30.7 Å². The highest BCUT2D eigenvalue weighted by molar-refractivity contribution is 5.95. The molecule has 3 aromatic carbocycles. The van der Waals surface area contributed by atoms with Crippen molar-refractivity contribution in [3.63, 3.8) is 0 Å². The molecule has 1 aliphatic rings. The van der Waals surface area contributed by atoms with Gasteiger partial charge in [-0.05, 0) is 132 Å². The zero-order valence-electron chi connectivity index (χ0n) is 33.1. The first-order valence-corrected chi connectivity index (χ1v) is 20.0. The number of amides is 3. The average molecular weight is 814 g/mol. The molecule has 316 valence electrons. The molecule has 2 bridgehead atoms. The third-order valence-electron chi connectivity index (χ3n) is 10.1. The van der Waals surface area contributed by atoms with E-state index in [1.165, 1.54) is 54.6 Å². The number of phenols is 6. The summed E-state index contributed by atoms with van der Waals surface area (Å²) in [5, 5.41) is 66.9. The molecule has 3 amide bonds. The highest BCUT2D eigenvalue weighted by atomic mass is 16.3. The summed E-state index contributed by atoms with van der Waals surface area (Å²) in [6.07, 6.45) is 3.81. The number of nitrogens with zero attached hydrogens (tertiary/aromatic N) is 4. The van der Waals surface area contributed by atoms with E-state index in [0.29, 0.717) is 65.1 Å². The minimum atomic E-state index is -0.353. The number of phenolic OH excluding ortho intramolecular Hbond substituents is 6. The number of rotatable bonds is 15. The third-order valence-corrected chi connectivity index (χ3v) is 10.1. The molecule has 0 fully saturated rings. The van der Waals surface area contributed by atoms with Gasteiger partial charge in [0.1, 0.15) is 0 Å². The van der Waals surface area contributed by atoms with E-state index in [-0.39, 0.29) is 68.9 Å². The van der Waals surface area contributed by atoms with Crippen molar-refractivity contribution in [2.45, 2.75) is 45.2 Å². The Hall–Kier alpha value is -6.10. The smallest absolute Gasteiger partial charge is 0.251 e. The van der Waals surface area contributed by atoms with Crippen molar-refractivity contribution < 1.29 is 45.0 Å². The Morgan fingerprint density at radius 1 is 0.475 bits per heavy atom. The maximum absolute atomic E-state index is 12.7. The average Bonchev–Trinajstić information content (AvgIpc) is 3.21. The molecule has 0 saturated carbocycles. The Bertz CT molecular complexity index is 1930. The summed E-state index contributed by atoms with van der Waals surface area (Å²) in [6, 6.07) is 18.0. The van der Waals surface area contributed by atoms with Gasteiger partial charge in [0.05, 0.1) is 11.4 Å².